The van der Waals surface area contributed by atoms with Crippen LogP contribution in [0.15, 0.2) is 30.3 Å². The van der Waals surface area contributed by atoms with Gasteiger partial charge in [0.25, 0.3) is 0 Å². The number of carbonyl (C=O) groups excluding carboxylic acids is 1. The molecule has 24 heavy (non-hydrogen) atoms. The van der Waals surface area contributed by atoms with E-state index in [1.54, 1.807) is 36.4 Å². The van der Waals surface area contributed by atoms with E-state index < -0.39 is 29.9 Å². The number of alkyl halides is 3. The number of carbonyl (C=O) groups is 1. The molecule has 0 unspecified atom stereocenters. The zero-order valence-electron chi connectivity index (χ0n) is 12.8. The van der Waals surface area contributed by atoms with E-state index in [-0.39, 0.29) is 0 Å². The van der Waals surface area contributed by atoms with Crippen molar-refractivity contribution in [3.8, 4) is 0 Å². The lowest BCUT2D eigenvalue weighted by molar-refractivity contribution is 0.154. The minimum atomic E-state index is -3.65. The number of amides is 1. The van der Waals surface area contributed by atoms with Crippen LogP contribution in [0, 0.1) is 0 Å². The fraction of sp³-hybridized carbons (Fsp3) is 0.357. The molecule has 1 atom stereocenters. The van der Waals surface area contributed by atoms with Gasteiger partial charge in [-0.15, -0.1) is 0 Å². The van der Waals surface area contributed by atoms with Crippen LogP contribution in [0.2, 0.25) is 0 Å². The van der Waals surface area contributed by atoms with Gasteiger partial charge in [-0.25, -0.2) is 4.79 Å². The normalized spacial score (nSPS) is 17.5. The summed E-state index contributed by atoms with van der Waals surface area (Å²) in [6, 6.07) is 7.01. The first kappa shape index (κ1) is 19.6. The minimum Gasteiger partial charge on any atom is -0.445 e. The average molecular weight is 415 g/mol. The number of hydrogen-bond acceptors (Lipinski definition) is 5. The lowest BCUT2D eigenvalue weighted by Crippen LogP contribution is -2.42. The molecule has 0 bridgehead atoms. The monoisotopic (exact) mass is 413 g/mol. The summed E-state index contributed by atoms with van der Waals surface area (Å²) < 4.78 is 26.1. The van der Waals surface area contributed by atoms with Gasteiger partial charge >= 0.3 is 13.7 Å². The highest BCUT2D eigenvalue weighted by Gasteiger charge is 2.43. The molecule has 0 radical (unpaired) electrons. The van der Waals surface area contributed by atoms with Crippen molar-refractivity contribution in [1.29, 1.82) is 0 Å². The van der Waals surface area contributed by atoms with Crippen molar-refractivity contribution in [3.05, 3.63) is 35.9 Å². The average Bonchev–Trinajstić information content (AvgIpc) is 2.57. The van der Waals surface area contributed by atoms with E-state index in [1.165, 1.54) is 19.1 Å². The van der Waals surface area contributed by atoms with Crippen LogP contribution in [0.5, 0.6) is 0 Å². The Hall–Kier alpha value is -0.750. The van der Waals surface area contributed by atoms with Crippen molar-refractivity contribution >= 4 is 60.3 Å². The highest BCUT2D eigenvalue weighted by atomic mass is 35.6. The molecule has 1 aliphatic heterocycles. The molecule has 6 nitrogen and oxygen atoms in total. The molecule has 1 aromatic carbocycles. The van der Waals surface area contributed by atoms with Gasteiger partial charge in [0.05, 0.1) is 5.69 Å². The van der Waals surface area contributed by atoms with Gasteiger partial charge in [-0.2, -0.15) is 0 Å². The number of fused-ring (bicyclic) bond motifs is 1. The summed E-state index contributed by atoms with van der Waals surface area (Å²) in [5, 5.41) is 0. The van der Waals surface area contributed by atoms with Crippen LogP contribution in [0.4, 0.5) is 10.5 Å². The van der Waals surface area contributed by atoms with Crippen molar-refractivity contribution in [2.24, 2.45) is 0 Å². The molecule has 2 rings (SSSR count). The van der Waals surface area contributed by atoms with Crippen molar-refractivity contribution < 1.29 is 23.1 Å². The van der Waals surface area contributed by atoms with E-state index in [0.29, 0.717) is 5.69 Å². The van der Waals surface area contributed by atoms with Gasteiger partial charge in [-0.05, 0) is 17.7 Å². The molecule has 1 aromatic rings. The lowest BCUT2D eigenvalue weighted by atomic mass is 10.1. The number of para-hydroxylation sites is 1. The van der Waals surface area contributed by atoms with Gasteiger partial charge in [0, 0.05) is 14.2 Å². The van der Waals surface area contributed by atoms with Crippen LogP contribution in [-0.2, 0) is 18.3 Å². The summed E-state index contributed by atoms with van der Waals surface area (Å²) in [7, 11) is -1.17. The molecule has 0 saturated carbocycles. The number of anilines is 1. The van der Waals surface area contributed by atoms with Crippen LogP contribution in [0.25, 0.3) is 6.08 Å². The van der Waals surface area contributed by atoms with E-state index in [0.717, 1.165) is 5.56 Å². The first-order valence-electron chi connectivity index (χ1n) is 6.73. The Kier molecular flexibility index (Phi) is 6.24. The molecule has 0 aliphatic carbocycles. The molecule has 1 heterocycles. The maximum absolute atomic E-state index is 12.8. The molecular formula is C14H15Cl3NO5P. The predicted octanol–water partition coefficient (Wildman–Crippen LogP) is 4.84. The third kappa shape index (κ3) is 4.26. The highest BCUT2D eigenvalue weighted by molar-refractivity contribution is 7.55. The molecule has 10 heteroatoms. The van der Waals surface area contributed by atoms with Crippen LogP contribution in [-0.4, -0.2) is 36.5 Å². The van der Waals surface area contributed by atoms with Crippen LogP contribution < -0.4 is 4.90 Å². The first-order chi connectivity index (χ1) is 11.2. The maximum atomic E-state index is 12.8. The summed E-state index contributed by atoms with van der Waals surface area (Å²) in [6.45, 7) is -0.462. The lowest BCUT2D eigenvalue weighted by Gasteiger charge is -2.35. The quantitative estimate of drug-likeness (QED) is 0.521. The smallest absolute Gasteiger partial charge is 0.415 e. The fourth-order valence-electron chi connectivity index (χ4n) is 2.22. The van der Waals surface area contributed by atoms with Gasteiger partial charge in [0.15, 0.2) is 5.78 Å². The second-order valence-electron chi connectivity index (χ2n) is 4.78. The molecule has 1 amide bonds. The summed E-state index contributed by atoms with van der Waals surface area (Å²) in [6.07, 6.45) is 2.44. The zero-order valence-corrected chi connectivity index (χ0v) is 16.0. The number of benzene rings is 1. The van der Waals surface area contributed by atoms with E-state index >= 15 is 0 Å². The molecule has 0 aromatic heterocycles. The Morgan fingerprint density at radius 3 is 2.46 bits per heavy atom. The third-order valence-corrected chi connectivity index (χ3v) is 5.69. The Morgan fingerprint density at radius 2 is 1.88 bits per heavy atom. The molecule has 0 fully saturated rings. The maximum Gasteiger partial charge on any atom is 0.415 e. The zero-order chi connectivity index (χ0) is 18.0. The minimum absolute atomic E-state index is 0.462. The first-order valence-corrected chi connectivity index (χ1v) is 9.47. The molecule has 1 aliphatic rings. The Morgan fingerprint density at radius 1 is 1.25 bits per heavy atom. The Bertz CT molecular complexity index is 683. The van der Waals surface area contributed by atoms with Crippen molar-refractivity contribution in [2.45, 2.75) is 9.58 Å². The van der Waals surface area contributed by atoms with Crippen LogP contribution >= 0.6 is 42.4 Å². The van der Waals surface area contributed by atoms with Crippen molar-refractivity contribution in [2.75, 3.05) is 25.7 Å². The summed E-state index contributed by atoms with van der Waals surface area (Å²) >= 11 is 16.8. The third-order valence-electron chi connectivity index (χ3n) is 3.30. The van der Waals surface area contributed by atoms with E-state index in [4.69, 9.17) is 48.6 Å². The van der Waals surface area contributed by atoms with Crippen LogP contribution in [0.1, 0.15) is 5.56 Å². The number of hydrogen-bond donors (Lipinski definition) is 0. The SMILES string of the molecule is COP(=O)(OC)[C@@H]1C=Cc2ccccc2N1C(=O)OCC(Cl)(Cl)Cl. The molecule has 0 N–H and O–H groups in total. The van der Waals surface area contributed by atoms with E-state index in [9.17, 15) is 9.36 Å². The molecular weight excluding hydrogens is 399 g/mol. The highest BCUT2D eigenvalue weighted by Crippen LogP contribution is 2.55. The van der Waals surface area contributed by atoms with E-state index in [2.05, 4.69) is 0 Å². The van der Waals surface area contributed by atoms with Gasteiger partial charge in [0.2, 0.25) is 3.79 Å². The standard InChI is InChI=1S/C14H15Cl3NO5P/c1-21-24(20,22-2)12-8-7-10-5-3-4-6-11(10)18(12)13(19)23-9-14(15,16)17/h3-8,12H,9H2,1-2H3/t12-/m1/s1. The molecule has 132 valence electrons. The second-order valence-corrected chi connectivity index (χ2v) is 9.63. The van der Waals surface area contributed by atoms with Gasteiger partial charge in [-0.1, -0.05) is 59.1 Å². The van der Waals surface area contributed by atoms with Crippen molar-refractivity contribution in [1.82, 2.24) is 0 Å². The number of halogens is 3. The molecule has 0 spiro atoms. The number of ether oxygens (including phenoxy) is 1. The van der Waals surface area contributed by atoms with E-state index in [1.807, 2.05) is 0 Å². The summed E-state index contributed by atoms with van der Waals surface area (Å²) in [4.78, 5) is 13.7. The topological polar surface area (TPSA) is 65.1 Å². The van der Waals surface area contributed by atoms with Gasteiger partial charge in [0.1, 0.15) is 6.61 Å². The van der Waals surface area contributed by atoms with Gasteiger partial charge in [-0.3, -0.25) is 9.46 Å². The summed E-state index contributed by atoms with van der Waals surface area (Å²) in [5.74, 6) is -1.01. The number of rotatable bonds is 4. The Balaban J connectivity index is 2.41. The Labute approximate surface area is 154 Å². The molecule has 0 saturated heterocycles. The largest absolute Gasteiger partial charge is 0.445 e. The summed E-state index contributed by atoms with van der Waals surface area (Å²) in [5.41, 5.74) is 1.21. The van der Waals surface area contributed by atoms with Crippen molar-refractivity contribution in [3.63, 3.8) is 0 Å². The number of nitrogens with zero attached hydrogens (tertiary/aromatic N) is 1. The van der Waals surface area contributed by atoms with Crippen LogP contribution in [0.3, 0.4) is 0 Å². The second kappa shape index (κ2) is 7.65. The van der Waals surface area contributed by atoms with Gasteiger partial charge < -0.3 is 13.8 Å². The fourth-order valence-corrected chi connectivity index (χ4v) is 3.77. The predicted molar refractivity (Wildman–Crippen MR) is 95.0 cm³/mol.